The average molecular weight is 168 g/mol. The lowest BCUT2D eigenvalue weighted by Crippen LogP contribution is -2.32. The third-order valence-electron chi connectivity index (χ3n) is 2.90. The molecular weight excluding hydrogens is 152 g/mol. The summed E-state index contributed by atoms with van der Waals surface area (Å²) in [5.74, 6) is 0. The van der Waals surface area contributed by atoms with Crippen molar-refractivity contribution in [3.8, 4) is 0 Å². The van der Waals surface area contributed by atoms with Gasteiger partial charge in [-0.2, -0.15) is 0 Å². The van der Waals surface area contributed by atoms with Crippen molar-refractivity contribution in [2.75, 3.05) is 6.54 Å². The lowest BCUT2D eigenvalue weighted by Gasteiger charge is -2.24. The fraction of sp³-hybridized carbons (Fsp3) is 0.889. The summed E-state index contributed by atoms with van der Waals surface area (Å²) in [7, 11) is 0. The first-order valence-electron chi connectivity index (χ1n) is 4.50. The number of nitrogens with zero attached hydrogens (tertiary/aromatic N) is 1. The van der Waals surface area contributed by atoms with E-state index in [9.17, 15) is 0 Å². The molecule has 12 heavy (non-hydrogen) atoms. The lowest BCUT2D eigenvalue weighted by molar-refractivity contribution is 0.0817. The van der Waals surface area contributed by atoms with E-state index in [4.69, 9.17) is 10.5 Å². The van der Waals surface area contributed by atoms with E-state index in [0.717, 1.165) is 19.4 Å². The van der Waals surface area contributed by atoms with Crippen LogP contribution in [0.15, 0.2) is 4.99 Å². The average Bonchev–Trinajstić information content (AvgIpc) is 2.41. The molecule has 3 heteroatoms. The van der Waals surface area contributed by atoms with E-state index in [1.807, 2.05) is 0 Å². The Morgan fingerprint density at radius 3 is 2.58 bits per heavy atom. The minimum Gasteiger partial charge on any atom is -0.457 e. The van der Waals surface area contributed by atoms with Gasteiger partial charge in [0.05, 0.1) is 6.54 Å². The number of rotatable bonds is 0. The summed E-state index contributed by atoms with van der Waals surface area (Å²) in [5, 5.41) is 0. The van der Waals surface area contributed by atoms with E-state index >= 15 is 0 Å². The molecular formula is C9H16N2O. The molecule has 1 aliphatic carbocycles. The minimum atomic E-state index is -0.0341. The van der Waals surface area contributed by atoms with Crippen molar-refractivity contribution < 1.29 is 4.74 Å². The van der Waals surface area contributed by atoms with Crippen LogP contribution in [0.25, 0.3) is 0 Å². The summed E-state index contributed by atoms with van der Waals surface area (Å²) in [4.78, 5) is 4.11. The summed E-state index contributed by atoms with van der Waals surface area (Å²) in [6, 6.07) is 0.382. The van der Waals surface area contributed by atoms with Crippen LogP contribution in [-0.2, 0) is 4.74 Å². The molecule has 0 amide bonds. The molecule has 3 nitrogen and oxygen atoms in total. The van der Waals surface area contributed by atoms with Gasteiger partial charge in [-0.1, -0.05) is 13.8 Å². The molecule has 1 heterocycles. The fourth-order valence-corrected chi connectivity index (χ4v) is 2.35. The second-order valence-electron chi connectivity index (χ2n) is 4.78. The maximum atomic E-state index is 5.57. The Labute approximate surface area is 73.0 Å². The number of ether oxygens (including phenoxy) is 1. The second kappa shape index (κ2) is 2.15. The molecule has 68 valence electrons. The van der Waals surface area contributed by atoms with Gasteiger partial charge in [0.2, 0.25) is 0 Å². The van der Waals surface area contributed by atoms with Gasteiger partial charge in [0.1, 0.15) is 5.60 Å². The molecule has 1 saturated carbocycles. The highest BCUT2D eigenvalue weighted by atomic mass is 16.5. The number of hydrogen-bond donors (Lipinski definition) is 1. The van der Waals surface area contributed by atoms with Gasteiger partial charge in [-0.3, -0.25) is 0 Å². The smallest absolute Gasteiger partial charge is 0.282 e. The summed E-state index contributed by atoms with van der Waals surface area (Å²) >= 11 is 0. The van der Waals surface area contributed by atoms with E-state index in [-0.39, 0.29) is 5.60 Å². The van der Waals surface area contributed by atoms with Crippen molar-refractivity contribution in [1.82, 2.24) is 0 Å². The lowest BCUT2D eigenvalue weighted by atomic mass is 9.89. The molecule has 2 N–H and O–H groups in total. The van der Waals surface area contributed by atoms with Crippen LogP contribution in [0.5, 0.6) is 0 Å². The molecule has 1 fully saturated rings. The molecule has 1 unspecified atom stereocenters. The quantitative estimate of drug-likeness (QED) is 0.592. The maximum Gasteiger partial charge on any atom is 0.282 e. The standard InChI is InChI=1S/C9H16N2O/c1-8(2)3-4-9(5-8)6-11-7(10)12-9/h3-6H2,1-2H3,(H2,10,11). The molecule has 0 saturated heterocycles. The number of nitrogens with two attached hydrogens (primary N) is 1. The highest BCUT2D eigenvalue weighted by Crippen LogP contribution is 2.46. The Hall–Kier alpha value is -0.730. The molecule has 0 radical (unpaired) electrons. The van der Waals surface area contributed by atoms with Crippen LogP contribution in [0.3, 0.4) is 0 Å². The van der Waals surface area contributed by atoms with Gasteiger partial charge in [-0.25, -0.2) is 4.99 Å². The highest BCUT2D eigenvalue weighted by Gasteiger charge is 2.47. The molecule has 0 bridgehead atoms. The van der Waals surface area contributed by atoms with Crippen molar-refractivity contribution in [2.45, 2.75) is 38.7 Å². The second-order valence-corrected chi connectivity index (χ2v) is 4.78. The monoisotopic (exact) mass is 168 g/mol. The fourth-order valence-electron chi connectivity index (χ4n) is 2.35. The van der Waals surface area contributed by atoms with Crippen molar-refractivity contribution in [1.29, 1.82) is 0 Å². The van der Waals surface area contributed by atoms with Crippen molar-refractivity contribution in [3.63, 3.8) is 0 Å². The Balaban J connectivity index is 2.09. The van der Waals surface area contributed by atoms with Crippen LogP contribution < -0.4 is 5.73 Å². The van der Waals surface area contributed by atoms with Gasteiger partial charge in [-0.05, 0) is 24.7 Å². The molecule has 2 rings (SSSR count). The van der Waals surface area contributed by atoms with Crippen LogP contribution in [-0.4, -0.2) is 18.2 Å². The molecule has 1 atom stereocenters. The summed E-state index contributed by atoms with van der Waals surface area (Å²) in [6.07, 6.45) is 3.41. The molecule has 1 spiro atoms. The first-order valence-corrected chi connectivity index (χ1v) is 4.50. The maximum absolute atomic E-state index is 5.57. The molecule has 0 aromatic carbocycles. The van der Waals surface area contributed by atoms with Gasteiger partial charge >= 0.3 is 0 Å². The van der Waals surface area contributed by atoms with Gasteiger partial charge < -0.3 is 10.5 Å². The van der Waals surface area contributed by atoms with Crippen LogP contribution >= 0.6 is 0 Å². The van der Waals surface area contributed by atoms with Gasteiger partial charge in [0.25, 0.3) is 6.02 Å². The zero-order chi connectivity index (χ0) is 8.82. The van der Waals surface area contributed by atoms with E-state index in [2.05, 4.69) is 18.8 Å². The third-order valence-corrected chi connectivity index (χ3v) is 2.90. The summed E-state index contributed by atoms with van der Waals surface area (Å²) in [5.41, 5.74) is 5.87. The van der Waals surface area contributed by atoms with Gasteiger partial charge in [-0.15, -0.1) is 0 Å². The Morgan fingerprint density at radius 1 is 1.42 bits per heavy atom. The highest BCUT2D eigenvalue weighted by molar-refractivity contribution is 5.73. The normalized spacial score (nSPS) is 38.3. The number of amidine groups is 1. The van der Waals surface area contributed by atoms with Gasteiger partial charge in [0.15, 0.2) is 0 Å². The summed E-state index contributed by atoms with van der Waals surface area (Å²) < 4.78 is 5.57. The SMILES string of the molecule is CC1(C)CCC2(CN=C(N)O2)C1. The van der Waals surface area contributed by atoms with E-state index < -0.39 is 0 Å². The van der Waals surface area contributed by atoms with Gasteiger partial charge in [0, 0.05) is 0 Å². The largest absolute Gasteiger partial charge is 0.457 e. The molecule has 1 aliphatic heterocycles. The van der Waals surface area contributed by atoms with Crippen LogP contribution in [0, 0.1) is 5.41 Å². The van der Waals surface area contributed by atoms with E-state index in [0.29, 0.717) is 11.4 Å². The van der Waals surface area contributed by atoms with Crippen LogP contribution in [0.1, 0.15) is 33.1 Å². The summed E-state index contributed by atoms with van der Waals surface area (Å²) in [6.45, 7) is 5.32. The topological polar surface area (TPSA) is 47.6 Å². The zero-order valence-corrected chi connectivity index (χ0v) is 7.76. The predicted octanol–water partition coefficient (Wildman–Crippen LogP) is 1.28. The minimum absolute atomic E-state index is 0.0341. The molecule has 0 aromatic heterocycles. The first-order chi connectivity index (χ1) is 5.52. The third kappa shape index (κ3) is 1.17. The zero-order valence-electron chi connectivity index (χ0n) is 7.76. The Kier molecular flexibility index (Phi) is 1.41. The number of hydrogen-bond acceptors (Lipinski definition) is 3. The van der Waals surface area contributed by atoms with E-state index in [1.54, 1.807) is 0 Å². The Bertz CT molecular complexity index is 235. The van der Waals surface area contributed by atoms with Crippen molar-refractivity contribution in [2.24, 2.45) is 16.1 Å². The van der Waals surface area contributed by atoms with Crippen LogP contribution in [0.4, 0.5) is 0 Å². The van der Waals surface area contributed by atoms with E-state index in [1.165, 1.54) is 6.42 Å². The molecule has 2 aliphatic rings. The number of aliphatic imine (C=N–C) groups is 1. The predicted molar refractivity (Wildman–Crippen MR) is 47.9 cm³/mol. The van der Waals surface area contributed by atoms with Crippen molar-refractivity contribution >= 4 is 6.02 Å². The van der Waals surface area contributed by atoms with Crippen LogP contribution in [0.2, 0.25) is 0 Å². The Morgan fingerprint density at radius 2 is 2.17 bits per heavy atom. The first kappa shape index (κ1) is 7.90. The van der Waals surface area contributed by atoms with Crippen molar-refractivity contribution in [3.05, 3.63) is 0 Å². The molecule has 0 aromatic rings.